The lowest BCUT2D eigenvalue weighted by Gasteiger charge is -2.25. The third-order valence-electron chi connectivity index (χ3n) is 13.3. The van der Waals surface area contributed by atoms with Crippen LogP contribution in [0.2, 0.25) is 0 Å². The zero-order valence-corrected chi connectivity index (χ0v) is 35.5. The van der Waals surface area contributed by atoms with Gasteiger partial charge in [-0.05, 0) is 118 Å². The van der Waals surface area contributed by atoms with Gasteiger partial charge >= 0.3 is 0 Å². The van der Waals surface area contributed by atoms with Crippen LogP contribution in [0.4, 0.5) is 17.1 Å². The van der Waals surface area contributed by atoms with Gasteiger partial charge in [0.15, 0.2) is 0 Å². The fourth-order valence-electron chi connectivity index (χ4n) is 10.3. The lowest BCUT2D eigenvalue weighted by atomic mass is 9.97. The predicted molar refractivity (Wildman–Crippen MR) is 272 cm³/mol. The van der Waals surface area contributed by atoms with E-state index < -0.39 is 0 Å². The number of para-hydroxylation sites is 2. The van der Waals surface area contributed by atoms with Crippen molar-refractivity contribution in [2.75, 3.05) is 4.90 Å². The van der Waals surface area contributed by atoms with E-state index in [4.69, 9.17) is 4.42 Å². The van der Waals surface area contributed by atoms with Gasteiger partial charge in [0.25, 0.3) is 0 Å². The van der Waals surface area contributed by atoms with Gasteiger partial charge in [-0.2, -0.15) is 0 Å². The van der Waals surface area contributed by atoms with Crippen molar-refractivity contribution in [3.05, 3.63) is 236 Å². The molecule has 3 heteroatoms. The predicted octanol–water partition coefficient (Wildman–Crippen LogP) is 16.9. The molecule has 1 aliphatic rings. The standard InChI is InChI=1S/C62H40N2O/c1-3-16-49-41(13-1)15-11-21-50(49)43-27-34-46(35-28-43)63(48-38-31-45(32-39-48)52-22-12-26-60-61(52)56-40-33-42-14-2-4-18-53(42)62(56)65-60)47-36-29-44(30-37-47)51-17-5-8-23-57(51)64-58-24-9-6-19-54(58)55-20-7-10-25-59(55)64/h1-9,11-24,26-29,31-36,38-40H,10,25H2. The van der Waals surface area contributed by atoms with Crippen molar-refractivity contribution < 1.29 is 4.42 Å². The number of hydrogen-bond acceptors (Lipinski definition) is 2. The van der Waals surface area contributed by atoms with Crippen molar-refractivity contribution in [2.24, 2.45) is 0 Å². The molecule has 2 heterocycles. The number of anilines is 3. The highest BCUT2D eigenvalue weighted by molar-refractivity contribution is 6.19. The van der Waals surface area contributed by atoms with Crippen molar-refractivity contribution in [1.29, 1.82) is 0 Å². The molecule has 10 aromatic carbocycles. The fourth-order valence-corrected chi connectivity index (χ4v) is 10.3. The second-order valence-electron chi connectivity index (χ2n) is 17.0. The van der Waals surface area contributed by atoms with Gasteiger partial charge < -0.3 is 13.9 Å². The monoisotopic (exact) mass is 828 g/mol. The second-order valence-corrected chi connectivity index (χ2v) is 17.0. The molecule has 0 N–H and O–H groups in total. The maximum absolute atomic E-state index is 6.56. The molecule has 0 radical (unpaired) electrons. The molecule has 12 aromatic rings. The largest absolute Gasteiger partial charge is 0.455 e. The molecule has 0 saturated heterocycles. The van der Waals surface area contributed by atoms with Crippen molar-refractivity contribution in [3.8, 4) is 39.1 Å². The van der Waals surface area contributed by atoms with Crippen LogP contribution in [-0.4, -0.2) is 4.57 Å². The summed E-state index contributed by atoms with van der Waals surface area (Å²) in [6.45, 7) is 0. The molecule has 0 aliphatic heterocycles. The Balaban J connectivity index is 0.916. The van der Waals surface area contributed by atoms with E-state index in [9.17, 15) is 0 Å². The minimum absolute atomic E-state index is 0.888. The number of nitrogens with zero attached hydrogens (tertiary/aromatic N) is 2. The van der Waals surface area contributed by atoms with Crippen LogP contribution >= 0.6 is 0 Å². The Bertz CT molecular complexity index is 3810. The van der Waals surface area contributed by atoms with E-state index in [1.165, 1.54) is 49.4 Å². The molecule has 0 bridgehead atoms. The van der Waals surface area contributed by atoms with Crippen molar-refractivity contribution in [2.45, 2.75) is 12.8 Å². The number of furan rings is 1. The van der Waals surface area contributed by atoms with Gasteiger partial charge in [0.05, 0.1) is 16.9 Å². The quantitative estimate of drug-likeness (QED) is 0.160. The van der Waals surface area contributed by atoms with E-state index in [0.29, 0.717) is 0 Å². The molecular formula is C62H40N2O. The van der Waals surface area contributed by atoms with Gasteiger partial charge in [-0.15, -0.1) is 0 Å². The maximum Gasteiger partial charge on any atom is 0.143 e. The van der Waals surface area contributed by atoms with E-state index in [1.807, 2.05) is 0 Å². The van der Waals surface area contributed by atoms with Crippen LogP contribution in [0, 0.1) is 12.1 Å². The summed E-state index contributed by atoms with van der Waals surface area (Å²) in [4.78, 5) is 2.28. The SMILES string of the molecule is c1c(-c2ccccc2-n2c3c(c4ccccc42)C=CCC3)ccc(N(c2ccc(-c3cccc4ccccc34)cc2)c2ccc(-c3cccc4oc5c6ccccc6ccc5c34)cc2)c#1. The lowest BCUT2D eigenvalue weighted by molar-refractivity contribution is 0.673. The first-order chi connectivity index (χ1) is 32.2. The van der Waals surface area contributed by atoms with Crippen LogP contribution in [0.5, 0.6) is 0 Å². The van der Waals surface area contributed by atoms with Crippen molar-refractivity contribution in [3.63, 3.8) is 0 Å². The Morgan fingerprint density at radius 3 is 1.92 bits per heavy atom. The molecule has 0 amide bonds. The summed E-state index contributed by atoms with van der Waals surface area (Å²) in [7, 11) is 0. The summed E-state index contributed by atoms with van der Waals surface area (Å²) < 4.78 is 9.03. The molecule has 1 aliphatic carbocycles. The first kappa shape index (κ1) is 37.0. The van der Waals surface area contributed by atoms with Crippen LogP contribution in [0.1, 0.15) is 17.7 Å². The molecule has 3 nitrogen and oxygen atoms in total. The van der Waals surface area contributed by atoms with Crippen molar-refractivity contribution in [1.82, 2.24) is 4.57 Å². The third kappa shape index (κ3) is 6.07. The van der Waals surface area contributed by atoms with Crippen LogP contribution in [0.3, 0.4) is 0 Å². The Morgan fingerprint density at radius 1 is 0.477 bits per heavy atom. The highest BCUT2D eigenvalue weighted by atomic mass is 16.3. The number of rotatable bonds is 7. The summed E-state index contributed by atoms with van der Waals surface area (Å²) >= 11 is 0. The Labute approximate surface area is 377 Å². The summed E-state index contributed by atoms with van der Waals surface area (Å²) in [5.74, 6) is 0. The molecule has 13 rings (SSSR count). The van der Waals surface area contributed by atoms with Gasteiger partial charge in [0, 0.05) is 55.3 Å². The molecule has 65 heavy (non-hydrogen) atoms. The highest BCUT2D eigenvalue weighted by Gasteiger charge is 2.21. The van der Waals surface area contributed by atoms with E-state index in [1.54, 1.807) is 0 Å². The van der Waals surface area contributed by atoms with Crippen molar-refractivity contribution >= 4 is 77.5 Å². The molecule has 2 aromatic heterocycles. The number of hydrogen-bond donors (Lipinski definition) is 0. The van der Waals surface area contributed by atoms with Crippen LogP contribution in [0.25, 0.3) is 99.5 Å². The number of fused-ring (bicyclic) bond motifs is 9. The van der Waals surface area contributed by atoms with Gasteiger partial charge in [0.1, 0.15) is 11.2 Å². The highest BCUT2D eigenvalue weighted by Crippen LogP contribution is 2.43. The second kappa shape index (κ2) is 15.1. The minimum Gasteiger partial charge on any atom is -0.455 e. The normalized spacial score (nSPS) is 12.3. The molecule has 304 valence electrons. The fraction of sp³-hybridized carbons (Fsp3) is 0.0323. The van der Waals surface area contributed by atoms with Crippen LogP contribution in [0.15, 0.2) is 217 Å². The minimum atomic E-state index is 0.888. The third-order valence-corrected chi connectivity index (χ3v) is 13.3. The van der Waals surface area contributed by atoms with Crippen LogP contribution < -0.4 is 4.90 Å². The van der Waals surface area contributed by atoms with E-state index in [0.717, 1.165) is 85.2 Å². The Kier molecular flexibility index (Phi) is 8.57. The number of benzene rings is 9. The topological polar surface area (TPSA) is 21.3 Å². The van der Waals surface area contributed by atoms with Gasteiger partial charge in [-0.25, -0.2) is 0 Å². The number of allylic oxidation sites excluding steroid dienone is 1. The molecule has 0 unspecified atom stereocenters. The summed E-state index contributed by atoms with van der Waals surface area (Å²) in [6.07, 6.45) is 6.63. The van der Waals surface area contributed by atoms with Crippen LogP contribution in [-0.2, 0) is 6.42 Å². The first-order valence-corrected chi connectivity index (χ1v) is 22.4. The molecule has 0 atom stereocenters. The van der Waals surface area contributed by atoms with Gasteiger partial charge in [-0.1, -0.05) is 164 Å². The zero-order valence-electron chi connectivity index (χ0n) is 35.5. The lowest BCUT2D eigenvalue weighted by Crippen LogP contribution is -2.09. The summed E-state index contributed by atoms with van der Waals surface area (Å²) in [5.41, 5.74) is 16.6. The molecular weight excluding hydrogens is 789 g/mol. The summed E-state index contributed by atoms with van der Waals surface area (Å²) in [5, 5.41) is 8.32. The maximum atomic E-state index is 6.56. The van der Waals surface area contributed by atoms with E-state index >= 15 is 0 Å². The average molecular weight is 829 g/mol. The summed E-state index contributed by atoms with van der Waals surface area (Å²) in [6, 6.07) is 81.3. The first-order valence-electron chi connectivity index (χ1n) is 22.4. The van der Waals surface area contributed by atoms with Gasteiger partial charge in [-0.3, -0.25) is 0 Å². The zero-order chi connectivity index (χ0) is 42.8. The average Bonchev–Trinajstić information content (AvgIpc) is 3.94. The number of aromatic nitrogens is 1. The Morgan fingerprint density at radius 2 is 1.12 bits per heavy atom. The molecule has 0 saturated carbocycles. The van der Waals surface area contributed by atoms with Gasteiger partial charge in [0.2, 0.25) is 0 Å². The Hall–Kier alpha value is -8.58. The smallest absolute Gasteiger partial charge is 0.143 e. The van der Waals surface area contributed by atoms with E-state index in [2.05, 4.69) is 240 Å². The molecule has 0 spiro atoms. The van der Waals surface area contributed by atoms with E-state index in [-0.39, 0.29) is 0 Å². The molecule has 0 fully saturated rings.